The van der Waals surface area contributed by atoms with E-state index in [-0.39, 0.29) is 18.4 Å². The average Bonchev–Trinajstić information content (AvgIpc) is 3.68. The van der Waals surface area contributed by atoms with Gasteiger partial charge in [0.05, 0.1) is 37.0 Å². The molecule has 0 spiro atoms. The molecule has 230 valence electrons. The number of aryl methyl sites for hydroxylation is 4. The Morgan fingerprint density at radius 3 is 1.68 bits per heavy atom. The third-order valence-electron chi connectivity index (χ3n) is 9.14. The summed E-state index contributed by atoms with van der Waals surface area (Å²) in [6.07, 6.45) is 3.41. The number of allylic oxidation sites excluding steroid dienone is 4. The molecule has 2 aliphatic rings. The molecule has 3 aromatic rings. The van der Waals surface area contributed by atoms with Crippen molar-refractivity contribution in [2.24, 2.45) is 0 Å². The summed E-state index contributed by atoms with van der Waals surface area (Å²) in [5.41, 5.74) is 16.4. The van der Waals surface area contributed by atoms with Crippen LogP contribution in [-0.4, -0.2) is 46.1 Å². The van der Waals surface area contributed by atoms with Gasteiger partial charge in [-0.15, -0.1) is 0 Å². The van der Waals surface area contributed by atoms with Crippen LogP contribution in [0.15, 0.2) is 24.3 Å². The molecule has 0 aromatic carbocycles. The summed E-state index contributed by atoms with van der Waals surface area (Å²) in [5.74, 6) is -0.481. The van der Waals surface area contributed by atoms with E-state index in [9.17, 15) is 9.59 Å². The molecule has 0 radical (unpaired) electrons. The zero-order chi connectivity index (χ0) is 31.7. The molecule has 8 nitrogen and oxygen atoms in total. The summed E-state index contributed by atoms with van der Waals surface area (Å²) >= 11 is 0. The monoisotopic (exact) mass is 594 g/mol. The topological polar surface area (TPSA) is 110 Å². The minimum Gasteiger partial charge on any atom is -0.469 e. The van der Waals surface area contributed by atoms with Crippen molar-refractivity contribution in [2.45, 2.75) is 80.1 Å². The molecular formula is C36H42N4O4. The lowest BCUT2D eigenvalue weighted by molar-refractivity contribution is -0.141. The lowest BCUT2D eigenvalue weighted by atomic mass is 10.00. The van der Waals surface area contributed by atoms with Crippen LogP contribution in [0.1, 0.15) is 98.9 Å². The van der Waals surface area contributed by atoms with E-state index in [4.69, 9.17) is 19.4 Å². The number of nitrogens with one attached hydrogen (secondary N) is 2. The van der Waals surface area contributed by atoms with Gasteiger partial charge in [0, 0.05) is 34.9 Å². The summed E-state index contributed by atoms with van der Waals surface area (Å²) in [6, 6.07) is 8.45. The van der Waals surface area contributed by atoms with Crippen molar-refractivity contribution in [3.63, 3.8) is 0 Å². The molecule has 2 aliphatic heterocycles. The highest BCUT2D eigenvalue weighted by atomic mass is 16.5. The van der Waals surface area contributed by atoms with Gasteiger partial charge in [-0.05, 0) is 122 Å². The van der Waals surface area contributed by atoms with Crippen LogP contribution < -0.4 is 0 Å². The molecule has 8 bridgehead atoms. The van der Waals surface area contributed by atoms with Crippen LogP contribution in [0.4, 0.5) is 0 Å². The minimum absolute atomic E-state index is 0.235. The Morgan fingerprint density at radius 1 is 0.614 bits per heavy atom. The molecule has 0 unspecified atom stereocenters. The van der Waals surface area contributed by atoms with E-state index in [1.54, 1.807) is 0 Å². The Bertz CT molecular complexity index is 1890. The number of carbonyl (C=O) groups excluding carboxylic acids is 2. The van der Waals surface area contributed by atoms with E-state index in [0.717, 1.165) is 91.1 Å². The molecule has 44 heavy (non-hydrogen) atoms. The smallest absolute Gasteiger partial charge is 0.305 e. The van der Waals surface area contributed by atoms with Crippen molar-refractivity contribution in [2.75, 3.05) is 14.2 Å². The first-order valence-electron chi connectivity index (χ1n) is 15.4. The molecule has 8 heteroatoms. The Morgan fingerprint density at radius 2 is 1.09 bits per heavy atom. The molecule has 0 saturated heterocycles. The predicted octanol–water partition coefficient (Wildman–Crippen LogP) is 7.69. The quantitative estimate of drug-likeness (QED) is 0.259. The van der Waals surface area contributed by atoms with Gasteiger partial charge in [-0.25, -0.2) is 9.97 Å². The zero-order valence-corrected chi connectivity index (χ0v) is 27.1. The Hall–Kier alpha value is -4.46. The number of methoxy groups -OCH3 is 2. The first-order chi connectivity index (χ1) is 21.1. The summed E-state index contributed by atoms with van der Waals surface area (Å²) in [5, 5.41) is 0. The first-order valence-corrected chi connectivity index (χ1v) is 15.4. The van der Waals surface area contributed by atoms with Gasteiger partial charge in [0.25, 0.3) is 0 Å². The zero-order valence-electron chi connectivity index (χ0n) is 27.1. The van der Waals surface area contributed by atoms with Crippen LogP contribution in [0, 0.1) is 6.92 Å². The van der Waals surface area contributed by atoms with E-state index in [0.29, 0.717) is 19.3 Å². The highest BCUT2D eigenvalue weighted by Gasteiger charge is 2.21. The molecule has 0 aliphatic carbocycles. The number of esters is 2. The van der Waals surface area contributed by atoms with Gasteiger partial charge in [-0.1, -0.05) is 13.8 Å². The van der Waals surface area contributed by atoms with Gasteiger partial charge < -0.3 is 19.4 Å². The fraction of sp³-hybridized carbons (Fsp3) is 0.389. The molecule has 2 N–H and O–H groups in total. The highest BCUT2D eigenvalue weighted by Crippen LogP contribution is 2.37. The number of ether oxygens (including phenoxy) is 2. The van der Waals surface area contributed by atoms with Gasteiger partial charge in [0.1, 0.15) is 0 Å². The maximum Gasteiger partial charge on any atom is 0.305 e. The number of hydrogen-bond acceptors (Lipinski definition) is 6. The number of aromatic nitrogens is 4. The Labute approximate surface area is 258 Å². The molecule has 0 saturated carbocycles. The maximum atomic E-state index is 12.1. The fourth-order valence-corrected chi connectivity index (χ4v) is 6.32. The van der Waals surface area contributed by atoms with E-state index < -0.39 is 0 Å². The van der Waals surface area contributed by atoms with Crippen molar-refractivity contribution in [3.05, 3.63) is 69.3 Å². The van der Waals surface area contributed by atoms with Crippen LogP contribution in [-0.2, 0) is 38.3 Å². The van der Waals surface area contributed by atoms with Crippen molar-refractivity contribution >= 4 is 56.3 Å². The summed E-state index contributed by atoms with van der Waals surface area (Å²) in [4.78, 5) is 41.8. The first kappa shape index (κ1) is 31.0. The predicted molar refractivity (Wildman–Crippen MR) is 177 cm³/mol. The molecule has 0 fully saturated rings. The molecule has 0 amide bonds. The summed E-state index contributed by atoms with van der Waals surface area (Å²) in [7, 11) is 2.84. The normalized spacial score (nSPS) is 13.1. The number of carbonyl (C=O) groups is 2. The number of rotatable bonds is 8. The van der Waals surface area contributed by atoms with E-state index in [1.807, 2.05) is 6.07 Å². The number of fused-ring (bicyclic) bond motifs is 8. The molecule has 5 heterocycles. The van der Waals surface area contributed by atoms with Crippen molar-refractivity contribution in [1.29, 1.82) is 0 Å². The van der Waals surface area contributed by atoms with Gasteiger partial charge in [0.2, 0.25) is 0 Å². The fourth-order valence-electron chi connectivity index (χ4n) is 6.32. The Kier molecular flexibility index (Phi) is 8.90. The molecule has 5 rings (SSSR count). The lowest BCUT2D eigenvalue weighted by Crippen LogP contribution is -2.02. The third-order valence-corrected chi connectivity index (χ3v) is 9.14. The van der Waals surface area contributed by atoms with Gasteiger partial charge in [-0.3, -0.25) is 9.59 Å². The number of H-pyrrole nitrogens is 2. The number of nitrogens with zero attached hydrogens (tertiary/aromatic N) is 2. The molecule has 0 atom stereocenters. The largest absolute Gasteiger partial charge is 0.469 e. The second-order valence-corrected chi connectivity index (χ2v) is 11.5. The van der Waals surface area contributed by atoms with Gasteiger partial charge in [-0.2, -0.15) is 0 Å². The van der Waals surface area contributed by atoms with Crippen LogP contribution in [0.2, 0.25) is 0 Å². The lowest BCUT2D eigenvalue weighted by Gasteiger charge is -2.04. The highest BCUT2D eigenvalue weighted by molar-refractivity contribution is 5.95. The SMILES string of the molecule is CCc1c(CC)c2cc3[nH]c(cc4nc(cc5nc(cc1[nH]2)C(C)=C5CCC(=O)OC)C(C)=C4C)c(CCC(=O)OC)c3C. The summed E-state index contributed by atoms with van der Waals surface area (Å²) in [6.45, 7) is 12.7. The van der Waals surface area contributed by atoms with Crippen molar-refractivity contribution < 1.29 is 19.1 Å². The second-order valence-electron chi connectivity index (χ2n) is 11.5. The van der Waals surface area contributed by atoms with E-state index in [1.165, 1.54) is 25.3 Å². The number of hydrogen-bond donors (Lipinski definition) is 2. The van der Waals surface area contributed by atoms with E-state index in [2.05, 4.69) is 69.7 Å². The standard InChI is InChI=1S/C36H42N4O4/c1-9-23-24(10-2)32-18-30-22(6)26(12-14-36(42)44-8)34(39-30)16-28-20(4)19(3)27(37-28)15-33-25(11-13-35(41)43-7)21(5)29(38-33)17-31(23)40-32/h15-18,38,40H,9-14H2,1-8H3. The maximum absolute atomic E-state index is 12.1. The van der Waals surface area contributed by atoms with Gasteiger partial charge >= 0.3 is 11.9 Å². The van der Waals surface area contributed by atoms with Crippen LogP contribution >= 0.6 is 0 Å². The van der Waals surface area contributed by atoms with Crippen LogP contribution in [0.25, 0.3) is 44.4 Å². The average molecular weight is 595 g/mol. The molecule has 3 aromatic heterocycles. The number of aromatic amines is 2. The minimum atomic E-state index is -0.246. The third kappa shape index (κ3) is 5.73. The van der Waals surface area contributed by atoms with E-state index >= 15 is 0 Å². The molecular weight excluding hydrogens is 552 g/mol. The van der Waals surface area contributed by atoms with Crippen LogP contribution in [0.5, 0.6) is 0 Å². The van der Waals surface area contributed by atoms with Crippen molar-refractivity contribution in [1.82, 2.24) is 19.9 Å². The van der Waals surface area contributed by atoms with Gasteiger partial charge in [0.15, 0.2) is 0 Å². The second kappa shape index (κ2) is 12.6. The summed E-state index contributed by atoms with van der Waals surface area (Å²) < 4.78 is 9.91. The Balaban J connectivity index is 1.88. The van der Waals surface area contributed by atoms with Crippen LogP contribution in [0.3, 0.4) is 0 Å². The van der Waals surface area contributed by atoms with Crippen molar-refractivity contribution in [3.8, 4) is 0 Å².